The van der Waals surface area contributed by atoms with Crippen LogP contribution < -0.4 is 5.32 Å². The van der Waals surface area contributed by atoms with Gasteiger partial charge in [-0.1, -0.05) is 24.3 Å². The van der Waals surface area contributed by atoms with Crippen LogP contribution in [0.5, 0.6) is 0 Å². The number of H-pyrrole nitrogens is 1. The molecule has 1 heterocycles. The third-order valence-corrected chi connectivity index (χ3v) is 4.68. The van der Waals surface area contributed by atoms with Crippen molar-refractivity contribution >= 4 is 16.8 Å². The summed E-state index contributed by atoms with van der Waals surface area (Å²) in [5.41, 5.74) is 2.74. The first kappa shape index (κ1) is 14.0. The van der Waals surface area contributed by atoms with Crippen molar-refractivity contribution < 1.29 is 9.90 Å². The van der Waals surface area contributed by atoms with E-state index in [2.05, 4.69) is 10.3 Å². The number of aromatic nitrogens is 1. The quantitative estimate of drug-likeness (QED) is 0.696. The van der Waals surface area contributed by atoms with Gasteiger partial charge in [-0.15, -0.1) is 0 Å². The van der Waals surface area contributed by atoms with E-state index < -0.39 is 5.60 Å². The van der Waals surface area contributed by atoms with Crippen LogP contribution in [-0.2, 0) is 12.0 Å². The number of hydrogen-bond acceptors (Lipinski definition) is 2. The van der Waals surface area contributed by atoms with Crippen LogP contribution in [0.1, 0.15) is 27.9 Å². The van der Waals surface area contributed by atoms with Gasteiger partial charge in [0.1, 0.15) is 5.60 Å². The highest BCUT2D eigenvalue weighted by molar-refractivity contribution is 5.98. The molecule has 4 heteroatoms. The molecule has 116 valence electrons. The number of carbonyl (C=O) groups is 1. The number of fused-ring (bicyclic) bond motifs is 2. The highest BCUT2D eigenvalue weighted by atomic mass is 16.3. The Hall–Kier alpha value is -2.59. The van der Waals surface area contributed by atoms with Gasteiger partial charge < -0.3 is 15.4 Å². The van der Waals surface area contributed by atoms with Crippen LogP contribution in [-0.4, -0.2) is 22.5 Å². The van der Waals surface area contributed by atoms with Gasteiger partial charge in [-0.05, 0) is 48.2 Å². The Balaban J connectivity index is 1.51. The molecule has 3 N–H and O–H groups in total. The molecule has 0 saturated carbocycles. The average Bonchev–Trinajstić information content (AvgIpc) is 3.18. The highest BCUT2D eigenvalue weighted by Gasteiger charge is 2.36. The fourth-order valence-corrected chi connectivity index (χ4v) is 3.38. The fourth-order valence-electron chi connectivity index (χ4n) is 3.38. The molecule has 4 nitrogen and oxygen atoms in total. The number of aromatic amines is 1. The summed E-state index contributed by atoms with van der Waals surface area (Å²) in [4.78, 5) is 15.5. The van der Waals surface area contributed by atoms with Crippen LogP contribution in [0.4, 0.5) is 0 Å². The smallest absolute Gasteiger partial charge is 0.251 e. The fraction of sp³-hybridized carbons (Fsp3) is 0.211. The molecule has 0 radical (unpaired) electrons. The maximum absolute atomic E-state index is 12.4. The lowest BCUT2D eigenvalue weighted by atomic mass is 9.96. The van der Waals surface area contributed by atoms with Crippen LogP contribution in [0.15, 0.2) is 54.7 Å². The molecule has 1 amide bonds. The number of rotatable bonds is 3. The second kappa shape index (κ2) is 5.25. The number of benzene rings is 2. The van der Waals surface area contributed by atoms with Gasteiger partial charge in [0.25, 0.3) is 5.91 Å². The molecule has 0 saturated heterocycles. The molecule has 0 aliphatic heterocycles. The van der Waals surface area contributed by atoms with Crippen LogP contribution in [0, 0.1) is 0 Å². The summed E-state index contributed by atoms with van der Waals surface area (Å²) in [6.07, 6.45) is 3.34. The van der Waals surface area contributed by atoms with Crippen LogP contribution in [0.3, 0.4) is 0 Å². The largest absolute Gasteiger partial charge is 0.383 e. The summed E-state index contributed by atoms with van der Waals surface area (Å²) < 4.78 is 0. The normalized spacial score (nSPS) is 19.7. The Kier molecular flexibility index (Phi) is 3.20. The summed E-state index contributed by atoms with van der Waals surface area (Å²) in [5.74, 6) is -0.161. The van der Waals surface area contributed by atoms with Gasteiger partial charge in [0.05, 0.1) is 6.54 Å². The van der Waals surface area contributed by atoms with Crippen molar-refractivity contribution in [2.75, 3.05) is 6.54 Å². The minimum atomic E-state index is -0.968. The van der Waals surface area contributed by atoms with Crippen molar-refractivity contribution in [1.29, 1.82) is 0 Å². The van der Waals surface area contributed by atoms with E-state index in [1.807, 2.05) is 48.7 Å². The molecular formula is C19H18N2O2. The van der Waals surface area contributed by atoms with Gasteiger partial charge >= 0.3 is 0 Å². The first-order chi connectivity index (χ1) is 11.2. The van der Waals surface area contributed by atoms with E-state index in [4.69, 9.17) is 0 Å². The first-order valence-corrected chi connectivity index (χ1v) is 7.82. The summed E-state index contributed by atoms with van der Waals surface area (Å²) in [7, 11) is 0. The highest BCUT2D eigenvalue weighted by Crippen LogP contribution is 2.36. The van der Waals surface area contributed by atoms with Gasteiger partial charge in [0.2, 0.25) is 0 Å². The van der Waals surface area contributed by atoms with E-state index in [0.29, 0.717) is 12.0 Å². The molecule has 2 aromatic carbocycles. The van der Waals surface area contributed by atoms with Crippen molar-refractivity contribution in [1.82, 2.24) is 10.3 Å². The zero-order chi connectivity index (χ0) is 15.9. The maximum Gasteiger partial charge on any atom is 0.251 e. The molecule has 0 bridgehead atoms. The first-order valence-electron chi connectivity index (χ1n) is 7.82. The van der Waals surface area contributed by atoms with E-state index in [1.54, 1.807) is 6.07 Å². The molecule has 0 fully saturated rings. The zero-order valence-corrected chi connectivity index (χ0v) is 12.7. The molecule has 0 spiro atoms. The summed E-state index contributed by atoms with van der Waals surface area (Å²) in [5, 5.41) is 14.7. The van der Waals surface area contributed by atoms with Crippen LogP contribution >= 0.6 is 0 Å². The molecule has 3 aromatic rings. The summed E-state index contributed by atoms with van der Waals surface area (Å²) in [6, 6.07) is 15.4. The van der Waals surface area contributed by atoms with Gasteiger partial charge in [-0.3, -0.25) is 4.79 Å². The number of aliphatic hydroxyl groups is 1. The Morgan fingerprint density at radius 2 is 2.09 bits per heavy atom. The van der Waals surface area contributed by atoms with E-state index in [0.717, 1.165) is 28.5 Å². The van der Waals surface area contributed by atoms with Crippen LogP contribution in [0.25, 0.3) is 10.9 Å². The molecule has 23 heavy (non-hydrogen) atoms. The molecular weight excluding hydrogens is 288 g/mol. The van der Waals surface area contributed by atoms with Gasteiger partial charge in [0.15, 0.2) is 0 Å². The van der Waals surface area contributed by atoms with Crippen molar-refractivity contribution in [2.24, 2.45) is 0 Å². The Morgan fingerprint density at radius 3 is 3.00 bits per heavy atom. The molecule has 1 aliphatic rings. The number of carbonyl (C=O) groups excluding carboxylic acids is 1. The van der Waals surface area contributed by atoms with E-state index in [-0.39, 0.29) is 12.5 Å². The average molecular weight is 306 g/mol. The number of nitrogens with one attached hydrogen (secondary N) is 2. The molecule has 4 rings (SSSR count). The third kappa shape index (κ3) is 2.41. The van der Waals surface area contributed by atoms with Gasteiger partial charge in [-0.2, -0.15) is 0 Å². The summed E-state index contributed by atoms with van der Waals surface area (Å²) >= 11 is 0. The van der Waals surface area contributed by atoms with E-state index in [9.17, 15) is 9.90 Å². The lowest BCUT2D eigenvalue weighted by Crippen LogP contribution is -2.39. The molecule has 1 aromatic heterocycles. The standard InChI is InChI=1S/C19H18N2O2/c22-18(15-5-6-17-14(11-15)8-10-20-17)21-12-19(23)9-7-13-3-1-2-4-16(13)19/h1-6,8,10-11,20,23H,7,9,12H2,(H,21,22)/t19-/m0/s1. The minimum absolute atomic E-state index is 0.161. The predicted molar refractivity (Wildman–Crippen MR) is 89.3 cm³/mol. The molecule has 1 atom stereocenters. The minimum Gasteiger partial charge on any atom is -0.383 e. The van der Waals surface area contributed by atoms with Crippen molar-refractivity contribution in [3.63, 3.8) is 0 Å². The van der Waals surface area contributed by atoms with Gasteiger partial charge in [-0.25, -0.2) is 0 Å². The molecule has 0 unspecified atom stereocenters. The second-order valence-electron chi connectivity index (χ2n) is 6.15. The number of hydrogen-bond donors (Lipinski definition) is 3. The second-order valence-corrected chi connectivity index (χ2v) is 6.15. The van der Waals surface area contributed by atoms with Crippen LogP contribution in [0.2, 0.25) is 0 Å². The monoisotopic (exact) mass is 306 g/mol. The lowest BCUT2D eigenvalue weighted by Gasteiger charge is -2.24. The Morgan fingerprint density at radius 1 is 1.22 bits per heavy atom. The van der Waals surface area contributed by atoms with E-state index >= 15 is 0 Å². The lowest BCUT2D eigenvalue weighted by molar-refractivity contribution is 0.0369. The molecule has 1 aliphatic carbocycles. The predicted octanol–water partition coefficient (Wildman–Crippen LogP) is 2.73. The van der Waals surface area contributed by atoms with Crippen molar-refractivity contribution in [2.45, 2.75) is 18.4 Å². The number of amides is 1. The zero-order valence-electron chi connectivity index (χ0n) is 12.7. The van der Waals surface area contributed by atoms with E-state index in [1.165, 1.54) is 0 Å². The maximum atomic E-state index is 12.4. The Labute approximate surface area is 134 Å². The Bertz CT molecular complexity index is 884. The number of aryl methyl sites for hydroxylation is 1. The third-order valence-electron chi connectivity index (χ3n) is 4.68. The SMILES string of the molecule is O=C(NC[C@@]1(O)CCc2ccccc21)c1ccc2[nH]ccc2c1. The topological polar surface area (TPSA) is 65.1 Å². The summed E-state index contributed by atoms with van der Waals surface area (Å²) in [6.45, 7) is 0.230. The van der Waals surface area contributed by atoms with Gasteiger partial charge in [0, 0.05) is 22.7 Å². The van der Waals surface area contributed by atoms with Crippen molar-refractivity contribution in [3.05, 3.63) is 71.4 Å². The van der Waals surface area contributed by atoms with Crippen molar-refractivity contribution in [3.8, 4) is 0 Å².